The first-order valence-corrected chi connectivity index (χ1v) is 10.0. The van der Waals surface area contributed by atoms with Crippen molar-refractivity contribution in [2.24, 2.45) is 0 Å². The molecule has 0 saturated carbocycles. The van der Waals surface area contributed by atoms with Crippen molar-refractivity contribution in [2.45, 2.75) is 6.42 Å². The largest absolute Gasteiger partial charge is 0.350 e. The maximum Gasteiger partial charge on any atom is 0.261 e. The van der Waals surface area contributed by atoms with E-state index in [4.69, 9.17) is 11.6 Å². The van der Waals surface area contributed by atoms with Crippen molar-refractivity contribution in [1.29, 1.82) is 0 Å². The normalized spacial score (nSPS) is 15.0. The molecule has 0 atom stereocenters. The fourth-order valence-corrected chi connectivity index (χ4v) is 3.88. The minimum absolute atomic E-state index is 0.0254. The highest BCUT2D eigenvalue weighted by molar-refractivity contribution is 7.12. The lowest BCUT2D eigenvalue weighted by atomic mass is 10.1. The third-order valence-corrected chi connectivity index (χ3v) is 5.80. The van der Waals surface area contributed by atoms with Gasteiger partial charge in [-0.05, 0) is 23.6 Å². The van der Waals surface area contributed by atoms with Crippen LogP contribution in [-0.2, 0) is 11.2 Å². The Hall–Kier alpha value is -1.96. The molecule has 1 aliphatic heterocycles. The van der Waals surface area contributed by atoms with Crippen LogP contribution in [0.5, 0.6) is 0 Å². The quantitative estimate of drug-likeness (QED) is 0.798. The van der Waals surface area contributed by atoms with Crippen LogP contribution in [0.15, 0.2) is 35.7 Å². The fourth-order valence-electron chi connectivity index (χ4n) is 3.01. The number of halogens is 2. The van der Waals surface area contributed by atoms with E-state index in [1.807, 2.05) is 11.4 Å². The molecule has 3 rings (SSSR count). The van der Waals surface area contributed by atoms with E-state index in [0.717, 1.165) is 19.6 Å². The molecule has 144 valence electrons. The molecule has 2 heterocycles. The van der Waals surface area contributed by atoms with Gasteiger partial charge in [0.05, 0.1) is 11.3 Å². The van der Waals surface area contributed by atoms with E-state index in [9.17, 15) is 14.0 Å². The molecule has 8 heteroatoms. The zero-order valence-electron chi connectivity index (χ0n) is 14.8. The zero-order valence-corrected chi connectivity index (χ0v) is 16.4. The third-order valence-electron chi connectivity index (χ3n) is 4.57. The van der Waals surface area contributed by atoms with E-state index >= 15 is 0 Å². The lowest BCUT2D eigenvalue weighted by molar-refractivity contribution is -0.132. The van der Waals surface area contributed by atoms with Crippen molar-refractivity contribution in [3.8, 4) is 0 Å². The second-order valence-electron chi connectivity index (χ2n) is 6.33. The number of nitrogens with zero attached hydrogens (tertiary/aromatic N) is 2. The molecule has 1 aromatic heterocycles. The molecule has 1 N–H and O–H groups in total. The maximum absolute atomic E-state index is 13.8. The van der Waals surface area contributed by atoms with Gasteiger partial charge in [0.1, 0.15) is 5.82 Å². The lowest BCUT2D eigenvalue weighted by Crippen LogP contribution is -2.50. The summed E-state index contributed by atoms with van der Waals surface area (Å²) in [6, 6.07) is 8.09. The van der Waals surface area contributed by atoms with Gasteiger partial charge in [-0.15, -0.1) is 11.3 Å². The van der Waals surface area contributed by atoms with Gasteiger partial charge in [-0.25, -0.2) is 4.39 Å². The molecule has 0 spiro atoms. The number of carbonyl (C=O) groups excluding carboxylic acids is 2. The molecular weight excluding hydrogens is 389 g/mol. The van der Waals surface area contributed by atoms with Crippen LogP contribution < -0.4 is 5.32 Å². The van der Waals surface area contributed by atoms with Gasteiger partial charge in [-0.3, -0.25) is 14.5 Å². The maximum atomic E-state index is 13.8. The van der Waals surface area contributed by atoms with Crippen molar-refractivity contribution in [2.75, 3.05) is 39.3 Å². The Morgan fingerprint density at radius 2 is 1.93 bits per heavy atom. The Kier molecular flexibility index (Phi) is 6.82. The number of hydrogen-bond donors (Lipinski definition) is 1. The number of amides is 2. The number of hydrogen-bond acceptors (Lipinski definition) is 4. The van der Waals surface area contributed by atoms with Crippen molar-refractivity contribution in [1.82, 2.24) is 15.1 Å². The summed E-state index contributed by atoms with van der Waals surface area (Å²) in [5.74, 6) is -0.621. The Morgan fingerprint density at radius 3 is 2.59 bits per heavy atom. The second-order valence-corrected chi connectivity index (χ2v) is 7.69. The molecule has 1 fully saturated rings. The number of carbonyl (C=O) groups is 2. The van der Waals surface area contributed by atoms with Gasteiger partial charge in [0, 0.05) is 49.9 Å². The summed E-state index contributed by atoms with van der Waals surface area (Å²) in [4.78, 5) is 29.0. The Morgan fingerprint density at radius 1 is 1.15 bits per heavy atom. The van der Waals surface area contributed by atoms with Crippen LogP contribution in [0.25, 0.3) is 0 Å². The standard InChI is InChI=1S/C19H21ClFN3O2S/c20-15-3-1-4-16(21)14(15)13-18(25)24-10-8-23(9-11-24)7-6-22-19(26)17-5-2-12-27-17/h1-5,12H,6-11,13H2,(H,22,26). The first-order valence-electron chi connectivity index (χ1n) is 8.79. The van der Waals surface area contributed by atoms with Gasteiger partial charge in [0.2, 0.25) is 5.91 Å². The van der Waals surface area contributed by atoms with Crippen molar-refractivity contribution < 1.29 is 14.0 Å². The molecule has 2 amide bonds. The predicted octanol–water partition coefficient (Wildman–Crippen LogP) is 2.66. The Labute approximate surface area is 166 Å². The van der Waals surface area contributed by atoms with Crippen LogP contribution in [0, 0.1) is 5.82 Å². The van der Waals surface area contributed by atoms with Crippen LogP contribution in [0.1, 0.15) is 15.2 Å². The van der Waals surface area contributed by atoms with Crippen LogP contribution in [0.4, 0.5) is 4.39 Å². The highest BCUT2D eigenvalue weighted by atomic mass is 35.5. The smallest absolute Gasteiger partial charge is 0.261 e. The minimum atomic E-state index is -0.448. The van der Waals surface area contributed by atoms with E-state index < -0.39 is 5.82 Å². The van der Waals surface area contributed by atoms with Gasteiger partial charge in [-0.2, -0.15) is 0 Å². The number of benzene rings is 1. The SMILES string of the molecule is O=C(NCCN1CCN(C(=O)Cc2c(F)cccc2Cl)CC1)c1cccs1. The minimum Gasteiger partial charge on any atom is -0.350 e. The Balaban J connectivity index is 1.41. The topological polar surface area (TPSA) is 52.7 Å². The number of piperazine rings is 1. The highest BCUT2D eigenvalue weighted by Gasteiger charge is 2.22. The average molecular weight is 410 g/mol. The summed E-state index contributed by atoms with van der Waals surface area (Å²) < 4.78 is 13.8. The molecule has 1 aliphatic rings. The summed E-state index contributed by atoms with van der Waals surface area (Å²) in [7, 11) is 0. The van der Waals surface area contributed by atoms with E-state index in [1.54, 1.807) is 17.0 Å². The molecule has 1 aromatic carbocycles. The number of nitrogens with one attached hydrogen (secondary N) is 1. The van der Waals surface area contributed by atoms with Gasteiger partial charge in [0.15, 0.2) is 0 Å². The molecule has 2 aromatic rings. The Bertz CT molecular complexity index is 772. The van der Waals surface area contributed by atoms with Gasteiger partial charge in [0.25, 0.3) is 5.91 Å². The molecule has 1 saturated heterocycles. The average Bonchev–Trinajstić information content (AvgIpc) is 3.20. The van der Waals surface area contributed by atoms with Gasteiger partial charge in [-0.1, -0.05) is 23.7 Å². The van der Waals surface area contributed by atoms with Crippen molar-refractivity contribution >= 4 is 34.8 Å². The fraction of sp³-hybridized carbons (Fsp3) is 0.368. The first-order chi connectivity index (χ1) is 13.0. The van der Waals surface area contributed by atoms with E-state index in [-0.39, 0.29) is 28.8 Å². The van der Waals surface area contributed by atoms with Crippen LogP contribution in [-0.4, -0.2) is 60.9 Å². The van der Waals surface area contributed by atoms with Crippen LogP contribution in [0.2, 0.25) is 5.02 Å². The third kappa shape index (κ3) is 5.28. The molecule has 0 unspecified atom stereocenters. The van der Waals surface area contributed by atoms with E-state index in [1.165, 1.54) is 23.5 Å². The van der Waals surface area contributed by atoms with Gasteiger partial charge < -0.3 is 10.2 Å². The molecule has 0 aliphatic carbocycles. The molecule has 0 radical (unpaired) electrons. The summed E-state index contributed by atoms with van der Waals surface area (Å²) in [6.45, 7) is 3.93. The summed E-state index contributed by atoms with van der Waals surface area (Å²) in [5.41, 5.74) is 0.253. The van der Waals surface area contributed by atoms with Crippen molar-refractivity contribution in [3.63, 3.8) is 0 Å². The van der Waals surface area contributed by atoms with Crippen LogP contribution in [0.3, 0.4) is 0 Å². The molecule has 5 nitrogen and oxygen atoms in total. The monoisotopic (exact) mass is 409 g/mol. The predicted molar refractivity (Wildman–Crippen MR) is 105 cm³/mol. The van der Waals surface area contributed by atoms with Gasteiger partial charge >= 0.3 is 0 Å². The summed E-state index contributed by atoms with van der Waals surface area (Å²) in [5, 5.41) is 5.06. The number of thiophene rings is 1. The number of rotatable bonds is 6. The highest BCUT2D eigenvalue weighted by Crippen LogP contribution is 2.20. The van der Waals surface area contributed by atoms with E-state index in [0.29, 0.717) is 24.5 Å². The molecule has 27 heavy (non-hydrogen) atoms. The summed E-state index contributed by atoms with van der Waals surface area (Å²) >= 11 is 7.42. The zero-order chi connectivity index (χ0) is 19.2. The second kappa shape index (κ2) is 9.30. The first kappa shape index (κ1) is 19.8. The summed E-state index contributed by atoms with van der Waals surface area (Å²) in [6.07, 6.45) is -0.0254. The van der Waals surface area contributed by atoms with E-state index in [2.05, 4.69) is 10.2 Å². The van der Waals surface area contributed by atoms with Crippen LogP contribution >= 0.6 is 22.9 Å². The van der Waals surface area contributed by atoms with Crippen molar-refractivity contribution in [3.05, 3.63) is 57.0 Å². The molecular formula is C19H21ClFN3O2S. The molecule has 0 bridgehead atoms. The lowest BCUT2D eigenvalue weighted by Gasteiger charge is -2.34.